The second-order valence-corrected chi connectivity index (χ2v) is 7.14. The Bertz CT molecular complexity index is 576. The van der Waals surface area contributed by atoms with Gasteiger partial charge in [0.25, 0.3) is 5.91 Å². The van der Waals surface area contributed by atoms with Crippen LogP contribution in [0.3, 0.4) is 0 Å². The van der Waals surface area contributed by atoms with Gasteiger partial charge in [0.05, 0.1) is 6.54 Å². The average Bonchev–Trinajstić information content (AvgIpc) is 2.67. The minimum atomic E-state index is -0.0563. The smallest absolute Gasteiger partial charge is 0.253 e. The van der Waals surface area contributed by atoms with E-state index >= 15 is 0 Å². The van der Waals surface area contributed by atoms with Crippen molar-refractivity contribution in [2.45, 2.75) is 64.8 Å². The van der Waals surface area contributed by atoms with Gasteiger partial charge in [-0.25, -0.2) is 0 Å². The van der Waals surface area contributed by atoms with E-state index in [1.165, 1.54) is 19.3 Å². The van der Waals surface area contributed by atoms with Crippen LogP contribution in [0.1, 0.15) is 69.2 Å². The van der Waals surface area contributed by atoms with Gasteiger partial charge < -0.3 is 15.5 Å². The van der Waals surface area contributed by atoms with Crippen LogP contribution in [0.5, 0.6) is 0 Å². The van der Waals surface area contributed by atoms with Gasteiger partial charge in [-0.3, -0.25) is 9.59 Å². The number of nitrogens with one attached hydrogen (secondary N) is 2. The Hall–Kier alpha value is -1.88. The summed E-state index contributed by atoms with van der Waals surface area (Å²) in [5.41, 5.74) is 1.31. The third-order valence-corrected chi connectivity index (χ3v) is 4.82. The molecule has 2 amide bonds. The molecule has 0 atom stereocenters. The lowest BCUT2D eigenvalue weighted by molar-refractivity contribution is -0.115. The summed E-state index contributed by atoms with van der Waals surface area (Å²) in [6, 6.07) is 7.71. The van der Waals surface area contributed by atoms with Crippen molar-refractivity contribution in [3.8, 4) is 0 Å². The number of hydrogen-bond donors (Lipinski definition) is 2. The number of nitrogens with zero attached hydrogens (tertiary/aromatic N) is 1. The van der Waals surface area contributed by atoms with E-state index in [9.17, 15) is 9.59 Å². The molecule has 0 spiro atoms. The molecule has 1 saturated carbocycles. The van der Waals surface area contributed by atoms with Crippen molar-refractivity contribution < 1.29 is 9.59 Å². The Morgan fingerprint density at radius 1 is 1.08 bits per heavy atom. The van der Waals surface area contributed by atoms with Gasteiger partial charge in [0.2, 0.25) is 5.91 Å². The van der Waals surface area contributed by atoms with Crippen LogP contribution in [0.2, 0.25) is 0 Å². The van der Waals surface area contributed by atoms with E-state index in [1.54, 1.807) is 6.07 Å². The molecule has 5 heteroatoms. The van der Waals surface area contributed by atoms with Crippen LogP contribution in [-0.2, 0) is 4.79 Å². The zero-order valence-electron chi connectivity index (χ0n) is 16.2. The molecule has 0 aromatic heterocycles. The SMILES string of the molecule is CCCN(CCC)C(=O)c1cccc(NC(=O)CNC2CCCCC2)c1. The third-order valence-electron chi connectivity index (χ3n) is 4.82. The first-order valence-electron chi connectivity index (χ1n) is 10.1. The van der Waals surface area contributed by atoms with Crippen molar-refractivity contribution in [3.05, 3.63) is 29.8 Å². The molecule has 144 valence electrons. The molecule has 1 aromatic carbocycles. The Morgan fingerprint density at radius 2 is 1.77 bits per heavy atom. The second kappa shape index (κ2) is 11.0. The Balaban J connectivity index is 1.90. The van der Waals surface area contributed by atoms with Gasteiger partial charge in [-0.05, 0) is 43.9 Å². The maximum absolute atomic E-state index is 12.7. The fraction of sp³-hybridized carbons (Fsp3) is 0.619. The lowest BCUT2D eigenvalue weighted by atomic mass is 9.95. The summed E-state index contributed by atoms with van der Waals surface area (Å²) in [5, 5.41) is 6.25. The number of rotatable bonds is 9. The van der Waals surface area contributed by atoms with Gasteiger partial charge >= 0.3 is 0 Å². The van der Waals surface area contributed by atoms with Crippen molar-refractivity contribution in [2.75, 3.05) is 25.0 Å². The van der Waals surface area contributed by atoms with E-state index in [0.29, 0.717) is 23.8 Å². The maximum atomic E-state index is 12.7. The molecule has 5 nitrogen and oxygen atoms in total. The maximum Gasteiger partial charge on any atom is 0.253 e. The standard InChI is InChI=1S/C21H33N3O2/c1-3-13-24(14-4-2)21(26)17-9-8-12-19(15-17)23-20(25)16-22-18-10-6-5-7-11-18/h8-9,12,15,18,22H,3-7,10-11,13-14,16H2,1-2H3,(H,23,25). The topological polar surface area (TPSA) is 61.4 Å². The van der Waals surface area contributed by atoms with Gasteiger partial charge in [-0.1, -0.05) is 39.2 Å². The molecule has 1 fully saturated rings. The van der Waals surface area contributed by atoms with Crippen LogP contribution in [0.25, 0.3) is 0 Å². The highest BCUT2D eigenvalue weighted by Gasteiger charge is 2.16. The molecule has 0 radical (unpaired) electrons. The van der Waals surface area contributed by atoms with Crippen LogP contribution < -0.4 is 10.6 Å². The van der Waals surface area contributed by atoms with Crippen molar-refractivity contribution in [1.29, 1.82) is 0 Å². The van der Waals surface area contributed by atoms with Crippen molar-refractivity contribution in [2.24, 2.45) is 0 Å². The summed E-state index contributed by atoms with van der Waals surface area (Å²) in [4.78, 5) is 26.8. The molecule has 0 saturated heterocycles. The molecule has 0 unspecified atom stereocenters. The van der Waals surface area contributed by atoms with Crippen LogP contribution in [-0.4, -0.2) is 42.4 Å². The zero-order chi connectivity index (χ0) is 18.8. The van der Waals surface area contributed by atoms with Gasteiger partial charge in [-0.15, -0.1) is 0 Å². The summed E-state index contributed by atoms with van der Waals surface area (Å²) in [5.74, 6) is -0.0238. The van der Waals surface area contributed by atoms with Crippen molar-refractivity contribution in [1.82, 2.24) is 10.2 Å². The molecule has 1 aromatic rings. The summed E-state index contributed by atoms with van der Waals surface area (Å²) in [6.07, 6.45) is 7.98. The zero-order valence-corrected chi connectivity index (χ0v) is 16.2. The minimum absolute atomic E-state index is 0.0325. The second-order valence-electron chi connectivity index (χ2n) is 7.14. The fourth-order valence-electron chi connectivity index (χ4n) is 3.52. The van der Waals surface area contributed by atoms with E-state index in [1.807, 2.05) is 23.1 Å². The summed E-state index contributed by atoms with van der Waals surface area (Å²) >= 11 is 0. The van der Waals surface area contributed by atoms with Crippen molar-refractivity contribution in [3.63, 3.8) is 0 Å². The molecular formula is C21H33N3O2. The van der Waals surface area contributed by atoms with Gasteiger partial charge in [0.1, 0.15) is 0 Å². The molecular weight excluding hydrogens is 326 g/mol. The van der Waals surface area contributed by atoms with Gasteiger partial charge in [0.15, 0.2) is 0 Å². The van der Waals surface area contributed by atoms with E-state index in [2.05, 4.69) is 24.5 Å². The Labute approximate surface area is 157 Å². The molecule has 26 heavy (non-hydrogen) atoms. The highest BCUT2D eigenvalue weighted by molar-refractivity contribution is 5.97. The molecule has 1 aliphatic carbocycles. The van der Waals surface area contributed by atoms with Gasteiger partial charge in [-0.2, -0.15) is 0 Å². The average molecular weight is 360 g/mol. The van der Waals surface area contributed by atoms with Crippen LogP contribution in [0.15, 0.2) is 24.3 Å². The van der Waals surface area contributed by atoms with Crippen LogP contribution >= 0.6 is 0 Å². The number of hydrogen-bond acceptors (Lipinski definition) is 3. The molecule has 2 rings (SSSR count). The van der Waals surface area contributed by atoms with Gasteiger partial charge in [0, 0.05) is 30.4 Å². The molecule has 1 aliphatic rings. The first kappa shape index (κ1) is 20.4. The summed E-state index contributed by atoms with van der Waals surface area (Å²) in [6.45, 7) is 5.99. The predicted octanol–water partition coefficient (Wildman–Crippen LogP) is 3.81. The predicted molar refractivity (Wildman–Crippen MR) is 106 cm³/mol. The highest BCUT2D eigenvalue weighted by atomic mass is 16.2. The van der Waals surface area contributed by atoms with E-state index in [0.717, 1.165) is 38.8 Å². The van der Waals surface area contributed by atoms with Crippen LogP contribution in [0.4, 0.5) is 5.69 Å². The molecule has 0 aliphatic heterocycles. The highest BCUT2D eigenvalue weighted by Crippen LogP contribution is 2.17. The quantitative estimate of drug-likeness (QED) is 0.705. The minimum Gasteiger partial charge on any atom is -0.339 e. The third kappa shape index (κ3) is 6.45. The normalized spacial score (nSPS) is 14.8. The summed E-state index contributed by atoms with van der Waals surface area (Å²) < 4.78 is 0. The molecule has 2 N–H and O–H groups in total. The fourth-order valence-corrected chi connectivity index (χ4v) is 3.52. The molecule has 0 heterocycles. The Kier molecular flexibility index (Phi) is 8.62. The first-order chi connectivity index (χ1) is 12.6. The monoisotopic (exact) mass is 359 g/mol. The van der Waals surface area contributed by atoms with E-state index < -0.39 is 0 Å². The lowest BCUT2D eigenvalue weighted by Crippen LogP contribution is -2.37. The largest absolute Gasteiger partial charge is 0.339 e. The number of carbonyl (C=O) groups is 2. The number of anilines is 1. The van der Waals surface area contributed by atoms with E-state index in [4.69, 9.17) is 0 Å². The number of benzene rings is 1. The van der Waals surface area contributed by atoms with Crippen LogP contribution in [0, 0.1) is 0 Å². The number of amides is 2. The first-order valence-corrected chi connectivity index (χ1v) is 10.1. The number of carbonyl (C=O) groups excluding carboxylic acids is 2. The Morgan fingerprint density at radius 3 is 2.42 bits per heavy atom. The lowest BCUT2D eigenvalue weighted by Gasteiger charge is -2.23. The van der Waals surface area contributed by atoms with Crippen molar-refractivity contribution >= 4 is 17.5 Å². The summed E-state index contributed by atoms with van der Waals surface area (Å²) in [7, 11) is 0. The molecule has 0 bridgehead atoms. The van der Waals surface area contributed by atoms with E-state index in [-0.39, 0.29) is 11.8 Å².